The van der Waals surface area contributed by atoms with Gasteiger partial charge in [0.05, 0.1) is 0 Å². The molecule has 0 aromatic heterocycles. The second kappa shape index (κ2) is 11.4. The molecule has 8 heteroatoms. The molecule has 1 atom stereocenters. The molecule has 2 amide bonds. The monoisotopic (exact) mass is 427 g/mol. The summed E-state index contributed by atoms with van der Waals surface area (Å²) in [5.41, 5.74) is 0. The molecule has 1 N–H and O–H groups in total. The number of halogens is 2. The van der Waals surface area contributed by atoms with E-state index in [4.69, 9.17) is 4.74 Å². The molecule has 0 radical (unpaired) electrons. The van der Waals surface area contributed by atoms with Gasteiger partial charge in [0.25, 0.3) is 5.91 Å². The predicted molar refractivity (Wildman–Crippen MR) is 112 cm³/mol. The summed E-state index contributed by atoms with van der Waals surface area (Å²) in [7, 11) is 0. The average molecular weight is 428 g/mol. The number of nitrogens with zero attached hydrogens (tertiary/aromatic N) is 2. The fourth-order valence-corrected chi connectivity index (χ4v) is 3.96. The first kappa shape index (κ1) is 23.4. The van der Waals surface area contributed by atoms with Crippen molar-refractivity contribution in [2.45, 2.75) is 26.2 Å². The van der Waals surface area contributed by atoms with Crippen LogP contribution >= 0.6 is 12.4 Å². The number of piperidine rings is 1. The van der Waals surface area contributed by atoms with Crippen molar-refractivity contribution < 1.29 is 18.7 Å². The van der Waals surface area contributed by atoms with Gasteiger partial charge in [0.1, 0.15) is 11.6 Å². The van der Waals surface area contributed by atoms with E-state index in [2.05, 4.69) is 12.2 Å². The highest BCUT2D eigenvalue weighted by atomic mass is 35.5. The fourth-order valence-electron chi connectivity index (χ4n) is 3.96. The summed E-state index contributed by atoms with van der Waals surface area (Å²) in [5, 5.41) is 3.37. The Morgan fingerprint density at radius 3 is 2.21 bits per heavy atom. The lowest BCUT2D eigenvalue weighted by molar-refractivity contribution is -0.141. The van der Waals surface area contributed by atoms with Crippen LogP contribution in [0.2, 0.25) is 0 Å². The third-order valence-corrected chi connectivity index (χ3v) is 5.85. The molecule has 0 aliphatic carbocycles. The molecule has 2 aliphatic rings. The summed E-state index contributed by atoms with van der Waals surface area (Å²) in [5.74, 6) is 1.24. The molecule has 2 saturated heterocycles. The van der Waals surface area contributed by atoms with Gasteiger partial charge >= 0.3 is 0 Å². The van der Waals surface area contributed by atoms with Crippen molar-refractivity contribution in [2.24, 2.45) is 11.8 Å². The maximum absolute atomic E-state index is 12.9. The lowest BCUT2D eigenvalue weighted by atomic mass is 9.84. The van der Waals surface area contributed by atoms with Crippen LogP contribution in [0.15, 0.2) is 24.3 Å². The second-order valence-corrected chi connectivity index (χ2v) is 7.77. The Kier molecular flexibility index (Phi) is 9.17. The van der Waals surface area contributed by atoms with Gasteiger partial charge in [-0.15, -0.1) is 12.4 Å². The Labute approximate surface area is 178 Å². The molecule has 6 nitrogen and oxygen atoms in total. The van der Waals surface area contributed by atoms with Gasteiger partial charge in [-0.25, -0.2) is 4.39 Å². The van der Waals surface area contributed by atoms with Crippen molar-refractivity contribution >= 4 is 24.2 Å². The first-order valence-corrected chi connectivity index (χ1v) is 10.2. The largest absolute Gasteiger partial charge is 0.484 e. The molecule has 162 valence electrons. The normalized spacial score (nSPS) is 18.7. The van der Waals surface area contributed by atoms with Crippen LogP contribution in [0.4, 0.5) is 4.39 Å². The zero-order valence-corrected chi connectivity index (χ0v) is 17.8. The highest BCUT2D eigenvalue weighted by molar-refractivity contribution is 5.85. The maximum Gasteiger partial charge on any atom is 0.260 e. The highest BCUT2D eigenvalue weighted by Gasteiger charge is 2.27. The molecule has 1 aromatic rings. The van der Waals surface area contributed by atoms with Crippen LogP contribution in [-0.2, 0) is 9.59 Å². The van der Waals surface area contributed by atoms with E-state index < -0.39 is 0 Å². The van der Waals surface area contributed by atoms with Gasteiger partial charge in [-0.3, -0.25) is 9.59 Å². The van der Waals surface area contributed by atoms with Gasteiger partial charge in [-0.2, -0.15) is 0 Å². The van der Waals surface area contributed by atoms with Crippen LogP contribution in [0.5, 0.6) is 5.75 Å². The van der Waals surface area contributed by atoms with Crippen molar-refractivity contribution in [1.29, 1.82) is 0 Å². The smallest absolute Gasteiger partial charge is 0.260 e. The number of hydrogen-bond acceptors (Lipinski definition) is 4. The highest BCUT2D eigenvalue weighted by Crippen LogP contribution is 2.25. The van der Waals surface area contributed by atoms with E-state index >= 15 is 0 Å². The Balaban J connectivity index is 0.00000300. The van der Waals surface area contributed by atoms with E-state index in [-0.39, 0.29) is 36.6 Å². The molecule has 1 aromatic carbocycles. The number of rotatable bonds is 6. The second-order valence-electron chi connectivity index (χ2n) is 7.77. The van der Waals surface area contributed by atoms with Gasteiger partial charge in [-0.05, 0) is 62.0 Å². The molecule has 29 heavy (non-hydrogen) atoms. The number of benzene rings is 1. The maximum atomic E-state index is 12.9. The lowest BCUT2D eigenvalue weighted by Gasteiger charge is -2.36. The van der Waals surface area contributed by atoms with Gasteiger partial charge in [-0.1, -0.05) is 6.92 Å². The van der Waals surface area contributed by atoms with Crippen LogP contribution in [0, 0.1) is 17.7 Å². The minimum atomic E-state index is -0.339. The molecule has 3 rings (SSSR count). The van der Waals surface area contributed by atoms with Gasteiger partial charge in [0, 0.05) is 32.6 Å². The van der Waals surface area contributed by atoms with E-state index in [0.29, 0.717) is 50.2 Å². The molecule has 0 bridgehead atoms. The van der Waals surface area contributed by atoms with Gasteiger partial charge in [0.15, 0.2) is 6.61 Å². The van der Waals surface area contributed by atoms with Crippen LogP contribution in [0.25, 0.3) is 0 Å². The summed E-state index contributed by atoms with van der Waals surface area (Å²) in [6.07, 6.45) is 2.88. The lowest BCUT2D eigenvalue weighted by Crippen LogP contribution is -2.52. The standard InChI is InChI=1S/C21H30FN3O3.ClH/c1-16(17-6-8-23-9-7-17)14-20(26)24-10-12-25(13-11-24)21(27)15-28-19-4-2-18(22)3-5-19;/h2-5,16-17,23H,6-15H2,1H3;1H. The number of hydrogen-bond donors (Lipinski definition) is 1. The number of nitrogens with one attached hydrogen (secondary N) is 1. The Morgan fingerprint density at radius 2 is 1.62 bits per heavy atom. The first-order chi connectivity index (χ1) is 13.5. The van der Waals surface area contributed by atoms with E-state index in [1.807, 2.05) is 4.90 Å². The van der Waals surface area contributed by atoms with E-state index in [1.165, 1.54) is 24.3 Å². The number of carbonyl (C=O) groups is 2. The molecule has 2 aliphatic heterocycles. The van der Waals surface area contributed by atoms with E-state index in [1.54, 1.807) is 4.90 Å². The van der Waals surface area contributed by atoms with Crippen LogP contribution < -0.4 is 10.1 Å². The summed E-state index contributed by atoms with van der Waals surface area (Å²) >= 11 is 0. The average Bonchev–Trinajstić information content (AvgIpc) is 2.73. The van der Waals surface area contributed by atoms with Gasteiger partial charge in [0.2, 0.25) is 5.91 Å². The topological polar surface area (TPSA) is 61.9 Å². The Bertz CT molecular complexity index is 660. The third kappa shape index (κ3) is 6.85. The van der Waals surface area contributed by atoms with Crippen LogP contribution in [0.3, 0.4) is 0 Å². The van der Waals surface area contributed by atoms with Crippen LogP contribution in [-0.4, -0.2) is 67.5 Å². The van der Waals surface area contributed by atoms with Crippen molar-refractivity contribution in [1.82, 2.24) is 15.1 Å². The summed E-state index contributed by atoms with van der Waals surface area (Å²) in [4.78, 5) is 28.5. The molecule has 0 spiro atoms. The first-order valence-electron chi connectivity index (χ1n) is 10.2. The minimum Gasteiger partial charge on any atom is -0.484 e. The van der Waals surface area contributed by atoms with Crippen LogP contribution in [0.1, 0.15) is 26.2 Å². The fraction of sp³-hybridized carbons (Fsp3) is 0.619. The van der Waals surface area contributed by atoms with Gasteiger partial charge < -0.3 is 19.9 Å². The van der Waals surface area contributed by atoms with E-state index in [9.17, 15) is 14.0 Å². The third-order valence-electron chi connectivity index (χ3n) is 5.85. The summed E-state index contributed by atoms with van der Waals surface area (Å²) in [6.45, 7) is 6.39. The summed E-state index contributed by atoms with van der Waals surface area (Å²) in [6, 6.07) is 5.61. The summed E-state index contributed by atoms with van der Waals surface area (Å²) < 4.78 is 18.3. The Hall–Kier alpha value is -1.86. The molecule has 2 fully saturated rings. The van der Waals surface area contributed by atoms with Crippen molar-refractivity contribution in [3.05, 3.63) is 30.1 Å². The molecular weight excluding hydrogens is 397 g/mol. The quantitative estimate of drug-likeness (QED) is 0.756. The Morgan fingerprint density at radius 1 is 1.07 bits per heavy atom. The van der Waals surface area contributed by atoms with Crippen molar-refractivity contribution in [3.8, 4) is 5.75 Å². The number of ether oxygens (including phenoxy) is 1. The zero-order valence-electron chi connectivity index (χ0n) is 16.9. The minimum absolute atomic E-state index is 0. The number of carbonyl (C=O) groups excluding carboxylic acids is 2. The SMILES string of the molecule is CC(CC(=O)N1CCN(C(=O)COc2ccc(F)cc2)CC1)C1CCNCC1.Cl. The molecular formula is C21H31ClFN3O3. The van der Waals surface area contributed by atoms with Crippen molar-refractivity contribution in [2.75, 3.05) is 45.9 Å². The van der Waals surface area contributed by atoms with E-state index in [0.717, 1.165) is 25.9 Å². The zero-order chi connectivity index (χ0) is 19.9. The number of amides is 2. The molecule has 1 unspecified atom stereocenters. The predicted octanol–water partition coefficient (Wildman–Crippen LogP) is 2.32. The number of piperazine rings is 1. The van der Waals surface area contributed by atoms with Crippen molar-refractivity contribution in [3.63, 3.8) is 0 Å². The molecule has 0 saturated carbocycles. The molecule has 2 heterocycles.